The number of phenols is 1. The van der Waals surface area contributed by atoms with Gasteiger partial charge in [-0.3, -0.25) is 5.43 Å². The van der Waals surface area contributed by atoms with E-state index in [0.29, 0.717) is 21.6 Å². The van der Waals surface area contributed by atoms with E-state index < -0.39 is 0 Å². The maximum Gasteiger partial charge on any atom is 0.187 e. The van der Waals surface area contributed by atoms with Crippen LogP contribution in [0.5, 0.6) is 5.75 Å². The summed E-state index contributed by atoms with van der Waals surface area (Å²) >= 11 is 17.3. The van der Waals surface area contributed by atoms with E-state index in [1.165, 1.54) is 31.5 Å². The number of aromatic hydroxyl groups is 1. The Hall–Kier alpha value is -1.04. The summed E-state index contributed by atoms with van der Waals surface area (Å²) in [6.07, 6.45) is 5.27. The highest BCUT2D eigenvalue weighted by molar-refractivity contribution is 7.80. The quantitative estimate of drug-likeness (QED) is 0.391. The Morgan fingerprint density at radius 3 is 2.60 bits per heavy atom. The van der Waals surface area contributed by atoms with Crippen molar-refractivity contribution in [3.63, 3.8) is 0 Å². The summed E-state index contributed by atoms with van der Waals surface area (Å²) in [5.41, 5.74) is 3.41. The molecule has 0 saturated heterocycles. The zero-order chi connectivity index (χ0) is 18.4. The molecule has 0 aliphatic heterocycles. The first-order valence-corrected chi connectivity index (χ1v) is 9.61. The van der Waals surface area contributed by atoms with Crippen LogP contribution in [0.25, 0.3) is 0 Å². The van der Waals surface area contributed by atoms with Gasteiger partial charge in [-0.15, -0.1) is 0 Å². The Balaban J connectivity index is 1.66. The highest BCUT2D eigenvalue weighted by atomic mass is 35.5. The fraction of sp³-hybridized carbons (Fsp3) is 0.556. The van der Waals surface area contributed by atoms with Crippen LogP contribution in [-0.4, -0.2) is 22.0 Å². The van der Waals surface area contributed by atoms with Crippen LogP contribution in [0.4, 0.5) is 0 Å². The number of hydrogen-bond donors (Lipinski definition) is 3. The van der Waals surface area contributed by atoms with Crippen molar-refractivity contribution in [1.82, 2.24) is 10.7 Å². The molecule has 0 spiro atoms. The topological polar surface area (TPSA) is 56.7 Å². The van der Waals surface area contributed by atoms with E-state index >= 15 is 0 Å². The molecule has 2 aliphatic carbocycles. The summed E-state index contributed by atoms with van der Waals surface area (Å²) in [6, 6.07) is 3.07. The summed E-state index contributed by atoms with van der Waals surface area (Å²) in [4.78, 5) is 0. The third-order valence-corrected chi connectivity index (χ3v) is 7.11. The number of rotatable bonds is 3. The molecule has 0 aromatic heterocycles. The van der Waals surface area contributed by atoms with Gasteiger partial charge < -0.3 is 10.4 Å². The Kier molecular flexibility index (Phi) is 4.95. The number of fused-ring (bicyclic) bond motifs is 2. The molecule has 25 heavy (non-hydrogen) atoms. The van der Waals surface area contributed by atoms with Crippen molar-refractivity contribution in [2.45, 2.75) is 45.6 Å². The molecule has 7 heteroatoms. The third kappa shape index (κ3) is 3.22. The summed E-state index contributed by atoms with van der Waals surface area (Å²) < 4.78 is 0. The molecule has 4 nitrogen and oxygen atoms in total. The number of hydrogen-bond acceptors (Lipinski definition) is 3. The van der Waals surface area contributed by atoms with Crippen LogP contribution in [0.3, 0.4) is 0 Å². The number of nitrogens with zero attached hydrogens (tertiary/aromatic N) is 1. The van der Waals surface area contributed by atoms with Gasteiger partial charge in [-0.1, -0.05) is 37.0 Å². The van der Waals surface area contributed by atoms with Gasteiger partial charge in [0, 0.05) is 16.1 Å². The first kappa shape index (κ1) is 18.7. The van der Waals surface area contributed by atoms with Gasteiger partial charge in [0.05, 0.1) is 11.2 Å². The Bertz CT molecular complexity index is 737. The molecule has 0 radical (unpaired) electrons. The second kappa shape index (κ2) is 6.60. The molecule has 136 valence electrons. The number of nitrogens with one attached hydrogen (secondary N) is 2. The standard InChI is InChI=1S/C18H23Cl2N3OS/c1-17(2)11-4-5-12(7-11)18(17,3)22-16(25)23-21-9-10-6-13(19)8-14(20)15(10)24/h6,8-9,11-12,24H,4-5,7H2,1-3H3,(H2,22,23,25)/b21-9+/t11-,12+,18+/m1/s1. The van der Waals surface area contributed by atoms with Crippen molar-refractivity contribution in [1.29, 1.82) is 0 Å². The zero-order valence-corrected chi connectivity index (χ0v) is 16.9. The first-order chi connectivity index (χ1) is 11.6. The molecule has 3 N–H and O–H groups in total. The van der Waals surface area contributed by atoms with Crippen LogP contribution >= 0.6 is 35.4 Å². The van der Waals surface area contributed by atoms with Crippen molar-refractivity contribution in [2.75, 3.05) is 0 Å². The minimum Gasteiger partial charge on any atom is -0.506 e. The zero-order valence-electron chi connectivity index (χ0n) is 14.6. The second-order valence-electron chi connectivity index (χ2n) is 7.78. The fourth-order valence-electron chi connectivity index (χ4n) is 4.48. The van der Waals surface area contributed by atoms with E-state index in [-0.39, 0.29) is 21.7 Å². The van der Waals surface area contributed by atoms with E-state index in [1.54, 1.807) is 6.07 Å². The lowest BCUT2D eigenvalue weighted by atomic mass is 9.64. The number of phenolic OH excluding ortho intramolecular Hbond substituents is 1. The SMILES string of the molecule is CC1(C)[C@@H]2CC[C@@H](C2)[C@]1(C)NC(=S)N/N=C/c1cc(Cl)cc(Cl)c1O. The fourth-order valence-corrected chi connectivity index (χ4v) is 5.26. The summed E-state index contributed by atoms with van der Waals surface area (Å²) in [5.74, 6) is 1.32. The third-order valence-electron chi connectivity index (χ3n) is 6.41. The lowest BCUT2D eigenvalue weighted by Crippen LogP contribution is -2.60. The van der Waals surface area contributed by atoms with Crippen molar-refractivity contribution in [3.8, 4) is 5.75 Å². The minimum atomic E-state index is -0.0586. The lowest BCUT2D eigenvalue weighted by molar-refractivity contribution is 0.0833. The number of benzene rings is 1. The summed E-state index contributed by atoms with van der Waals surface area (Å²) in [6.45, 7) is 6.90. The van der Waals surface area contributed by atoms with E-state index in [4.69, 9.17) is 35.4 Å². The molecule has 3 atom stereocenters. The number of thiocarbonyl (C=S) groups is 1. The maximum atomic E-state index is 9.94. The van der Waals surface area contributed by atoms with Crippen LogP contribution in [0.15, 0.2) is 17.2 Å². The predicted octanol–water partition coefficient (Wildman–Crippen LogP) is 4.71. The van der Waals surface area contributed by atoms with Crippen LogP contribution in [0.1, 0.15) is 45.6 Å². The average Bonchev–Trinajstić information content (AvgIpc) is 3.07. The van der Waals surface area contributed by atoms with Gasteiger partial charge in [-0.05, 0) is 67.8 Å². The summed E-state index contributed by atoms with van der Waals surface area (Å²) in [5, 5.41) is 18.6. The lowest BCUT2D eigenvalue weighted by Gasteiger charge is -2.48. The Morgan fingerprint density at radius 2 is 1.96 bits per heavy atom. The van der Waals surface area contributed by atoms with Crippen molar-refractivity contribution < 1.29 is 5.11 Å². The molecule has 0 amide bonds. The van der Waals surface area contributed by atoms with Gasteiger partial charge in [0.25, 0.3) is 0 Å². The molecule has 2 saturated carbocycles. The molecule has 3 rings (SSSR count). The van der Waals surface area contributed by atoms with Crippen LogP contribution in [0.2, 0.25) is 10.0 Å². The molecule has 1 aromatic carbocycles. The molecular weight excluding hydrogens is 377 g/mol. The van der Waals surface area contributed by atoms with Gasteiger partial charge in [-0.2, -0.15) is 5.10 Å². The molecule has 1 aromatic rings. The van der Waals surface area contributed by atoms with Gasteiger partial charge >= 0.3 is 0 Å². The van der Waals surface area contributed by atoms with Crippen molar-refractivity contribution >= 4 is 46.7 Å². The van der Waals surface area contributed by atoms with Crippen LogP contribution < -0.4 is 10.7 Å². The first-order valence-electron chi connectivity index (χ1n) is 8.44. The predicted molar refractivity (Wildman–Crippen MR) is 108 cm³/mol. The molecule has 2 aliphatic rings. The molecule has 2 fully saturated rings. The highest BCUT2D eigenvalue weighted by Gasteiger charge is 2.60. The van der Waals surface area contributed by atoms with Gasteiger partial charge in [0.1, 0.15) is 5.75 Å². The largest absolute Gasteiger partial charge is 0.506 e. The average molecular weight is 400 g/mol. The van der Waals surface area contributed by atoms with E-state index in [9.17, 15) is 5.11 Å². The van der Waals surface area contributed by atoms with Gasteiger partial charge in [-0.25, -0.2) is 0 Å². The maximum absolute atomic E-state index is 9.94. The second-order valence-corrected chi connectivity index (χ2v) is 9.03. The van der Waals surface area contributed by atoms with Crippen molar-refractivity contribution in [2.24, 2.45) is 22.4 Å². The Labute approximate surface area is 164 Å². The van der Waals surface area contributed by atoms with E-state index in [2.05, 4.69) is 36.6 Å². The monoisotopic (exact) mass is 399 g/mol. The van der Waals surface area contributed by atoms with Gasteiger partial charge in [0.15, 0.2) is 5.11 Å². The van der Waals surface area contributed by atoms with Crippen molar-refractivity contribution in [3.05, 3.63) is 27.7 Å². The van der Waals surface area contributed by atoms with E-state index in [0.717, 1.165) is 5.92 Å². The molecule has 0 heterocycles. The molecule has 0 unspecified atom stereocenters. The molecular formula is C18H23Cl2N3OS. The molecule has 2 bridgehead atoms. The van der Waals surface area contributed by atoms with Gasteiger partial charge in [0.2, 0.25) is 0 Å². The summed E-state index contributed by atoms with van der Waals surface area (Å²) in [7, 11) is 0. The van der Waals surface area contributed by atoms with E-state index in [1.807, 2.05) is 0 Å². The minimum absolute atomic E-state index is 0.0446. The van der Waals surface area contributed by atoms with Crippen LogP contribution in [0, 0.1) is 17.3 Å². The smallest absolute Gasteiger partial charge is 0.187 e. The van der Waals surface area contributed by atoms with Crippen LogP contribution in [-0.2, 0) is 0 Å². The highest BCUT2D eigenvalue weighted by Crippen LogP contribution is 2.61. The Morgan fingerprint density at radius 1 is 1.28 bits per heavy atom. The normalized spacial score (nSPS) is 30.0. The number of hydrazone groups is 1. The number of halogens is 2.